The smallest absolute Gasteiger partial charge is 0.180 e. The molecule has 4 atom stereocenters. The zero-order chi connectivity index (χ0) is 12.0. The van der Waals surface area contributed by atoms with Gasteiger partial charge in [0.25, 0.3) is 0 Å². The third-order valence-corrected chi connectivity index (χ3v) is 4.30. The van der Waals surface area contributed by atoms with Crippen LogP contribution in [0.2, 0.25) is 0 Å². The fourth-order valence-electron chi connectivity index (χ4n) is 3.30. The first-order valence-electron chi connectivity index (χ1n) is 5.70. The fraction of sp³-hybridized carbons (Fsp3) is 0.833. The standard InChI is InChI=1S/C12H21NO3/c1-11(13,7-14)10-6-8-4-5-9(10)12(8,15-2)16-3/h4-5,8-10,14H,6-7,13H2,1-3H3/t8-,9+,10+,11+/m0/s1. The number of hydrogen-bond donors (Lipinski definition) is 2. The first kappa shape index (κ1) is 12.0. The molecule has 16 heavy (non-hydrogen) atoms. The molecule has 4 nitrogen and oxygen atoms in total. The van der Waals surface area contributed by atoms with Gasteiger partial charge < -0.3 is 20.3 Å². The van der Waals surface area contributed by atoms with E-state index in [2.05, 4.69) is 12.2 Å². The van der Waals surface area contributed by atoms with Crippen molar-refractivity contribution in [2.24, 2.45) is 23.5 Å². The van der Waals surface area contributed by atoms with Crippen LogP contribution in [0.1, 0.15) is 13.3 Å². The van der Waals surface area contributed by atoms with Gasteiger partial charge in [0.05, 0.1) is 6.61 Å². The minimum Gasteiger partial charge on any atom is -0.394 e. The van der Waals surface area contributed by atoms with Crippen LogP contribution in [0.3, 0.4) is 0 Å². The number of aliphatic hydroxyl groups is 1. The lowest BCUT2D eigenvalue weighted by atomic mass is 9.78. The highest BCUT2D eigenvalue weighted by Gasteiger charge is 2.60. The molecule has 0 unspecified atom stereocenters. The minimum absolute atomic E-state index is 0.0156. The largest absolute Gasteiger partial charge is 0.394 e. The molecule has 0 heterocycles. The predicted octanol–water partition coefficient (Wildman–Crippen LogP) is 0.507. The van der Waals surface area contributed by atoms with E-state index in [1.165, 1.54) is 0 Å². The molecule has 2 aliphatic rings. The maximum atomic E-state index is 9.37. The van der Waals surface area contributed by atoms with Crippen LogP contribution in [-0.2, 0) is 9.47 Å². The molecule has 0 aromatic heterocycles. The Morgan fingerprint density at radius 2 is 2.06 bits per heavy atom. The Labute approximate surface area is 96.4 Å². The molecule has 4 heteroatoms. The molecule has 0 spiro atoms. The van der Waals surface area contributed by atoms with Gasteiger partial charge in [0.2, 0.25) is 0 Å². The van der Waals surface area contributed by atoms with E-state index >= 15 is 0 Å². The van der Waals surface area contributed by atoms with E-state index in [9.17, 15) is 5.11 Å². The van der Waals surface area contributed by atoms with Crippen molar-refractivity contribution in [3.05, 3.63) is 12.2 Å². The molecule has 2 bridgehead atoms. The van der Waals surface area contributed by atoms with E-state index < -0.39 is 11.3 Å². The summed E-state index contributed by atoms with van der Waals surface area (Å²) in [6.07, 6.45) is 5.17. The summed E-state index contributed by atoms with van der Waals surface area (Å²) in [4.78, 5) is 0. The van der Waals surface area contributed by atoms with E-state index in [1.54, 1.807) is 14.2 Å². The van der Waals surface area contributed by atoms with Crippen molar-refractivity contribution in [1.82, 2.24) is 0 Å². The van der Waals surface area contributed by atoms with Gasteiger partial charge in [-0.2, -0.15) is 0 Å². The molecule has 92 valence electrons. The summed E-state index contributed by atoms with van der Waals surface area (Å²) in [6.45, 7) is 1.88. The van der Waals surface area contributed by atoms with Gasteiger partial charge >= 0.3 is 0 Å². The summed E-state index contributed by atoms with van der Waals surface area (Å²) in [5.41, 5.74) is 5.57. The van der Waals surface area contributed by atoms with E-state index in [1.807, 2.05) is 6.92 Å². The molecule has 0 amide bonds. The summed E-state index contributed by atoms with van der Waals surface area (Å²) in [6, 6.07) is 0. The van der Waals surface area contributed by atoms with Crippen LogP contribution >= 0.6 is 0 Å². The Hall–Kier alpha value is -0.420. The molecule has 0 radical (unpaired) electrons. The Bertz CT molecular complexity index is 297. The Kier molecular flexibility index (Phi) is 2.87. The lowest BCUT2D eigenvalue weighted by Gasteiger charge is -2.37. The topological polar surface area (TPSA) is 64.7 Å². The third-order valence-electron chi connectivity index (χ3n) is 4.30. The third kappa shape index (κ3) is 1.37. The molecular formula is C12H21NO3. The second-order valence-corrected chi connectivity index (χ2v) is 5.15. The van der Waals surface area contributed by atoms with Gasteiger partial charge in [-0.3, -0.25) is 0 Å². The van der Waals surface area contributed by atoms with Crippen LogP contribution in [0, 0.1) is 17.8 Å². The molecular weight excluding hydrogens is 206 g/mol. The molecule has 1 saturated carbocycles. The number of ether oxygens (including phenoxy) is 2. The minimum atomic E-state index is -0.577. The number of hydrogen-bond acceptors (Lipinski definition) is 4. The Morgan fingerprint density at radius 1 is 1.44 bits per heavy atom. The number of fused-ring (bicyclic) bond motifs is 2. The summed E-state index contributed by atoms with van der Waals surface area (Å²) >= 11 is 0. The van der Waals surface area contributed by atoms with Gasteiger partial charge in [0, 0.05) is 31.6 Å². The monoisotopic (exact) mass is 227 g/mol. The first-order chi connectivity index (χ1) is 7.51. The van der Waals surface area contributed by atoms with Gasteiger partial charge in [-0.15, -0.1) is 0 Å². The van der Waals surface area contributed by atoms with Crippen molar-refractivity contribution < 1.29 is 14.6 Å². The van der Waals surface area contributed by atoms with Crippen molar-refractivity contribution in [2.75, 3.05) is 20.8 Å². The van der Waals surface area contributed by atoms with Crippen LogP contribution in [0.5, 0.6) is 0 Å². The fourth-order valence-corrected chi connectivity index (χ4v) is 3.30. The number of rotatable bonds is 4. The summed E-state index contributed by atoms with van der Waals surface area (Å²) in [5, 5.41) is 9.37. The first-order valence-corrected chi connectivity index (χ1v) is 5.70. The van der Waals surface area contributed by atoms with Crippen molar-refractivity contribution in [3.63, 3.8) is 0 Å². The van der Waals surface area contributed by atoms with Gasteiger partial charge in [-0.25, -0.2) is 0 Å². The van der Waals surface area contributed by atoms with Gasteiger partial charge in [0.1, 0.15) is 0 Å². The predicted molar refractivity (Wildman–Crippen MR) is 60.7 cm³/mol. The van der Waals surface area contributed by atoms with Crippen molar-refractivity contribution in [3.8, 4) is 0 Å². The van der Waals surface area contributed by atoms with E-state index in [0.29, 0.717) is 0 Å². The highest BCUT2D eigenvalue weighted by molar-refractivity contribution is 5.22. The lowest BCUT2D eigenvalue weighted by molar-refractivity contribution is -0.233. The maximum Gasteiger partial charge on any atom is 0.180 e. The molecule has 1 fully saturated rings. The molecule has 0 aromatic rings. The number of nitrogens with two attached hydrogens (primary N) is 1. The zero-order valence-corrected chi connectivity index (χ0v) is 10.1. The molecule has 2 aliphatic carbocycles. The van der Waals surface area contributed by atoms with E-state index in [-0.39, 0.29) is 24.4 Å². The maximum absolute atomic E-state index is 9.37. The summed E-state index contributed by atoms with van der Waals surface area (Å²) in [7, 11) is 3.34. The molecule has 3 N–H and O–H groups in total. The van der Waals surface area contributed by atoms with Crippen LogP contribution in [-0.4, -0.2) is 37.3 Å². The van der Waals surface area contributed by atoms with Crippen LogP contribution in [0.4, 0.5) is 0 Å². The van der Waals surface area contributed by atoms with Crippen molar-refractivity contribution in [2.45, 2.75) is 24.7 Å². The second kappa shape index (κ2) is 3.81. The quantitative estimate of drug-likeness (QED) is 0.542. The SMILES string of the molecule is COC1(OC)[C@@H]2C=C[C@H]1C[C@H]2[C@](C)(N)CO. The average Bonchev–Trinajstić information content (AvgIpc) is 2.81. The molecule has 2 rings (SSSR count). The van der Waals surface area contributed by atoms with Gasteiger partial charge in [-0.05, 0) is 19.3 Å². The number of methoxy groups -OCH3 is 2. The highest BCUT2D eigenvalue weighted by Crippen LogP contribution is 2.55. The van der Waals surface area contributed by atoms with E-state index in [0.717, 1.165) is 6.42 Å². The second-order valence-electron chi connectivity index (χ2n) is 5.15. The van der Waals surface area contributed by atoms with Gasteiger partial charge in [0.15, 0.2) is 5.79 Å². The summed E-state index contributed by atoms with van der Waals surface area (Å²) in [5.74, 6) is 0.00877. The van der Waals surface area contributed by atoms with Crippen molar-refractivity contribution >= 4 is 0 Å². The van der Waals surface area contributed by atoms with Gasteiger partial charge in [-0.1, -0.05) is 12.2 Å². The Balaban J connectivity index is 2.28. The van der Waals surface area contributed by atoms with E-state index in [4.69, 9.17) is 15.2 Å². The molecule has 0 saturated heterocycles. The van der Waals surface area contributed by atoms with Crippen LogP contribution < -0.4 is 5.73 Å². The Morgan fingerprint density at radius 3 is 2.50 bits per heavy atom. The highest BCUT2D eigenvalue weighted by atomic mass is 16.7. The normalized spacial score (nSPS) is 38.9. The molecule has 0 aromatic carbocycles. The van der Waals surface area contributed by atoms with Crippen LogP contribution in [0.15, 0.2) is 12.2 Å². The zero-order valence-electron chi connectivity index (χ0n) is 10.1. The van der Waals surface area contributed by atoms with Crippen LogP contribution in [0.25, 0.3) is 0 Å². The lowest BCUT2D eigenvalue weighted by Crippen LogP contribution is -2.51. The number of aliphatic hydroxyl groups excluding tert-OH is 1. The molecule has 0 aliphatic heterocycles. The average molecular weight is 227 g/mol. The van der Waals surface area contributed by atoms with Crippen molar-refractivity contribution in [1.29, 1.82) is 0 Å². The summed E-state index contributed by atoms with van der Waals surface area (Å²) < 4.78 is 11.2.